The van der Waals surface area contributed by atoms with E-state index in [2.05, 4.69) is 66.3 Å². The molecule has 5 aromatic rings. The molecule has 3 aromatic heterocycles. The Bertz CT molecular complexity index is 2750. The van der Waals surface area contributed by atoms with Gasteiger partial charge in [0.2, 0.25) is 5.91 Å². The summed E-state index contributed by atoms with van der Waals surface area (Å²) in [6.45, 7) is 10.9. The smallest absolute Gasteiger partial charge is 0.317 e. The molecule has 0 spiro atoms. The Hall–Kier alpha value is -6.41. The highest BCUT2D eigenvalue weighted by atomic mass is 19.3. The molecule has 17 nitrogen and oxygen atoms in total. The van der Waals surface area contributed by atoms with Gasteiger partial charge in [-0.25, -0.2) is 27.9 Å². The predicted molar refractivity (Wildman–Crippen MR) is 291 cm³/mol. The van der Waals surface area contributed by atoms with Gasteiger partial charge in [-0.15, -0.1) is 0 Å². The third-order valence-electron chi connectivity index (χ3n) is 16.2. The first-order chi connectivity index (χ1) is 37.1. The molecule has 0 aliphatic carbocycles. The third kappa shape index (κ3) is 12.7. The van der Waals surface area contributed by atoms with Gasteiger partial charge < -0.3 is 35.6 Å². The molecule has 5 aliphatic heterocycles. The second kappa shape index (κ2) is 24.7. The van der Waals surface area contributed by atoms with Gasteiger partial charge >= 0.3 is 6.03 Å². The summed E-state index contributed by atoms with van der Waals surface area (Å²) in [7, 11) is 3.42. The molecule has 8 heterocycles. The number of alkyl halides is 2. The molecular weight excluding hydrogens is 972 g/mol. The first-order valence-corrected chi connectivity index (χ1v) is 27.9. The number of carbonyl (C=O) groups excluding carboxylic acids is 2. The second-order valence-electron chi connectivity index (χ2n) is 21.4. The lowest BCUT2D eigenvalue weighted by atomic mass is 9.92. The summed E-state index contributed by atoms with van der Waals surface area (Å²) in [5, 5.41) is 19.1. The minimum Gasteiger partial charge on any atom is -0.369 e. The van der Waals surface area contributed by atoms with E-state index in [-0.39, 0.29) is 35.4 Å². The number of hydrogen-bond donors (Lipinski definition) is 3. The Kier molecular flexibility index (Phi) is 17.2. The number of aryl methyl sites for hydroxylation is 2. The number of rotatable bonds is 19. The Balaban J connectivity index is 0.626. The van der Waals surface area contributed by atoms with Crippen LogP contribution in [-0.2, 0) is 31.2 Å². The molecule has 76 heavy (non-hydrogen) atoms. The first kappa shape index (κ1) is 53.0. The number of unbranched alkanes of at least 4 members (excludes halogenated alkanes) is 5. The van der Waals surface area contributed by atoms with E-state index in [0.717, 1.165) is 156 Å². The highest BCUT2D eigenvalue weighted by Gasteiger charge is 2.35. The largest absolute Gasteiger partial charge is 0.369 e. The van der Waals surface area contributed by atoms with Crippen LogP contribution in [0.15, 0.2) is 61.2 Å². The van der Waals surface area contributed by atoms with Crippen LogP contribution in [0.25, 0.3) is 11.1 Å². The van der Waals surface area contributed by atoms with E-state index in [4.69, 9.17) is 5.10 Å². The molecule has 1 atom stereocenters. The van der Waals surface area contributed by atoms with Crippen LogP contribution in [0.5, 0.6) is 0 Å². The molecular formula is C56H76F3N15O2. The number of urea groups is 1. The van der Waals surface area contributed by atoms with Gasteiger partial charge in [0.1, 0.15) is 23.8 Å². The van der Waals surface area contributed by atoms with Gasteiger partial charge in [-0.1, -0.05) is 31.7 Å². The number of nitrogens with one attached hydrogen (secondary N) is 3. The maximum atomic E-state index is 14.8. The summed E-state index contributed by atoms with van der Waals surface area (Å²) >= 11 is 0. The number of hydrogen-bond acceptors (Lipinski definition) is 12. The summed E-state index contributed by atoms with van der Waals surface area (Å²) in [4.78, 5) is 48.5. The molecule has 0 saturated carbocycles. The SMILES string of the molecule is CNC(=O)N1CCc2c(c(N3CCCc4cc(-c5cnn(C)c5)c(C(F)F)cc43)nn2C2CCN(CC(=O)NCCCCCCCCN3CCN(c4cc(N[C@@H]5CCCN(c6cccc(F)c6)C5)ncn4)CC3)CC2)C1. The molecule has 3 fully saturated rings. The zero-order valence-corrected chi connectivity index (χ0v) is 44.4. The zero-order chi connectivity index (χ0) is 52.5. The van der Waals surface area contributed by atoms with Gasteiger partial charge in [-0.3, -0.25) is 24.0 Å². The van der Waals surface area contributed by atoms with Crippen molar-refractivity contribution in [3.8, 4) is 11.1 Å². The van der Waals surface area contributed by atoms with Gasteiger partial charge in [-0.2, -0.15) is 10.2 Å². The van der Waals surface area contributed by atoms with Crippen LogP contribution < -0.4 is 30.7 Å². The summed E-state index contributed by atoms with van der Waals surface area (Å²) in [5.41, 5.74) is 5.88. The average Bonchev–Trinajstić information content (AvgIpc) is 4.09. The minimum atomic E-state index is -2.67. The average molecular weight is 1050 g/mol. The highest BCUT2D eigenvalue weighted by molar-refractivity contribution is 5.79. The Morgan fingerprint density at radius 1 is 0.829 bits per heavy atom. The Labute approximate surface area is 445 Å². The second-order valence-corrected chi connectivity index (χ2v) is 21.4. The van der Waals surface area contributed by atoms with E-state index < -0.39 is 6.43 Å². The number of aromatic nitrogens is 6. The molecule has 5 aliphatic rings. The van der Waals surface area contributed by atoms with Gasteiger partial charge in [0, 0.05) is 145 Å². The zero-order valence-electron chi connectivity index (χ0n) is 44.4. The third-order valence-corrected chi connectivity index (χ3v) is 16.2. The highest BCUT2D eigenvalue weighted by Crippen LogP contribution is 2.44. The Morgan fingerprint density at radius 2 is 1.64 bits per heavy atom. The van der Waals surface area contributed by atoms with Crippen molar-refractivity contribution in [2.75, 3.05) is 112 Å². The molecule has 0 radical (unpaired) electrons. The van der Waals surface area contributed by atoms with Crippen LogP contribution in [0.4, 0.5) is 46.8 Å². The number of likely N-dealkylation sites (tertiary alicyclic amines) is 1. The lowest BCUT2D eigenvalue weighted by Gasteiger charge is -2.36. The fourth-order valence-electron chi connectivity index (χ4n) is 12.1. The summed E-state index contributed by atoms with van der Waals surface area (Å²) in [6, 6.07) is 12.7. The van der Waals surface area contributed by atoms with Crippen LogP contribution in [0, 0.1) is 5.82 Å². The summed E-state index contributed by atoms with van der Waals surface area (Å²) in [6.07, 6.45) is 15.2. The lowest BCUT2D eigenvalue weighted by molar-refractivity contribution is -0.122. The Morgan fingerprint density at radius 3 is 2.42 bits per heavy atom. The van der Waals surface area contributed by atoms with Crippen LogP contribution in [0.2, 0.25) is 0 Å². The van der Waals surface area contributed by atoms with Gasteiger partial charge in [0.15, 0.2) is 5.82 Å². The maximum Gasteiger partial charge on any atom is 0.317 e. The molecule has 3 N–H and O–H groups in total. The number of piperazine rings is 1. The number of amides is 3. The molecule has 20 heteroatoms. The fraction of sp³-hybridized carbons (Fsp3) is 0.571. The van der Waals surface area contributed by atoms with Crippen molar-refractivity contribution >= 4 is 40.8 Å². The van der Waals surface area contributed by atoms with E-state index in [1.54, 1.807) is 60.6 Å². The molecule has 2 aromatic carbocycles. The predicted octanol–water partition coefficient (Wildman–Crippen LogP) is 7.93. The molecule has 0 unspecified atom stereocenters. The minimum absolute atomic E-state index is 0.0299. The van der Waals surface area contributed by atoms with Gasteiger partial charge in [-0.05, 0) is 99.4 Å². The van der Waals surface area contributed by atoms with E-state index in [9.17, 15) is 22.8 Å². The molecule has 0 bridgehead atoms. The first-order valence-electron chi connectivity index (χ1n) is 27.9. The van der Waals surface area contributed by atoms with Crippen LogP contribution in [0.1, 0.15) is 105 Å². The quantitative estimate of drug-likeness (QED) is 0.0690. The van der Waals surface area contributed by atoms with Crippen molar-refractivity contribution in [2.24, 2.45) is 7.05 Å². The van der Waals surface area contributed by atoms with E-state index in [1.807, 2.05) is 12.1 Å². The van der Waals surface area contributed by atoms with Crippen molar-refractivity contribution in [2.45, 2.75) is 109 Å². The van der Waals surface area contributed by atoms with Gasteiger partial charge in [0.25, 0.3) is 6.43 Å². The topological polar surface area (TPSA) is 151 Å². The number of anilines is 5. The van der Waals surface area contributed by atoms with Crippen molar-refractivity contribution in [1.82, 2.24) is 54.9 Å². The van der Waals surface area contributed by atoms with Crippen LogP contribution in [-0.4, -0.2) is 154 Å². The standard InChI is InChI=1S/C56H76F3N15O2/c1-60-56(76)72-25-18-49-48(37-72)55(73-22-10-12-40-30-46(41-34-64-67(2)35-41)47(54(58)59)32-50(40)73)66-74(49)44-16-23-69(24-17-44)38-53(75)61-19-7-5-3-4-6-8-20-68-26-28-70(29-27-68)52-33-51(62-39-63-52)65-43-14-11-21-71(36-43)45-15-9-13-42(57)31-45/h9,13,15,30-35,39,43-44,54H,3-8,10-12,14,16-29,36-38H2,1-2H3,(H,60,76)(H,61,75)(H,62,63,65)/t43-/m1/s1. The number of carbonyl (C=O) groups is 2. The summed E-state index contributed by atoms with van der Waals surface area (Å²) in [5.74, 6) is 2.40. The number of fused-ring (bicyclic) bond motifs is 2. The number of halogens is 3. The normalized spacial score (nSPS) is 18.7. The molecule has 3 saturated heterocycles. The molecule has 10 rings (SSSR count). The van der Waals surface area contributed by atoms with E-state index in [0.29, 0.717) is 50.3 Å². The number of nitrogens with zero attached hydrogens (tertiary/aromatic N) is 12. The van der Waals surface area contributed by atoms with Gasteiger partial charge in [0.05, 0.1) is 25.3 Å². The fourth-order valence-corrected chi connectivity index (χ4v) is 12.1. The van der Waals surface area contributed by atoms with Crippen LogP contribution in [0.3, 0.4) is 0 Å². The van der Waals surface area contributed by atoms with Crippen molar-refractivity contribution < 1.29 is 22.8 Å². The maximum absolute atomic E-state index is 14.8. The monoisotopic (exact) mass is 1050 g/mol. The van der Waals surface area contributed by atoms with E-state index >= 15 is 0 Å². The number of benzene rings is 2. The van der Waals surface area contributed by atoms with Crippen molar-refractivity contribution in [3.63, 3.8) is 0 Å². The number of piperidine rings is 2. The summed E-state index contributed by atoms with van der Waals surface area (Å²) < 4.78 is 47.2. The van der Waals surface area contributed by atoms with Crippen molar-refractivity contribution in [1.29, 1.82) is 0 Å². The van der Waals surface area contributed by atoms with Crippen molar-refractivity contribution in [3.05, 3.63) is 89.4 Å². The van der Waals surface area contributed by atoms with E-state index in [1.165, 1.54) is 31.7 Å². The lowest BCUT2D eigenvalue weighted by Crippen LogP contribution is -2.47. The molecule has 3 amide bonds. The van der Waals surface area contributed by atoms with Crippen LogP contribution >= 0.6 is 0 Å². The molecule has 408 valence electrons.